The highest BCUT2D eigenvalue weighted by Gasteiger charge is 2.20. The highest BCUT2D eigenvalue weighted by molar-refractivity contribution is 6.03. The SMILES string of the molecule is Cc1cccc(N2CCN(c3cc(C(=O)Nc4ccccc4C#N)ncn3)CC2)c1. The van der Waals surface area contributed by atoms with Gasteiger partial charge in [-0.3, -0.25) is 4.79 Å². The van der Waals surface area contributed by atoms with Crippen LogP contribution >= 0.6 is 0 Å². The van der Waals surface area contributed by atoms with Crippen LogP contribution in [0.15, 0.2) is 60.9 Å². The number of hydrogen-bond acceptors (Lipinski definition) is 6. The van der Waals surface area contributed by atoms with Crippen molar-refractivity contribution < 1.29 is 4.79 Å². The van der Waals surface area contributed by atoms with Crippen LogP contribution in [0.4, 0.5) is 17.2 Å². The van der Waals surface area contributed by atoms with E-state index in [1.165, 1.54) is 17.6 Å². The normalized spacial score (nSPS) is 13.6. The van der Waals surface area contributed by atoms with E-state index in [-0.39, 0.29) is 11.6 Å². The number of nitrogens with one attached hydrogen (secondary N) is 1. The Hall–Kier alpha value is -3.92. The van der Waals surface area contributed by atoms with Crippen LogP contribution in [0.3, 0.4) is 0 Å². The van der Waals surface area contributed by atoms with E-state index in [0.29, 0.717) is 11.3 Å². The largest absolute Gasteiger partial charge is 0.368 e. The fourth-order valence-electron chi connectivity index (χ4n) is 3.54. The number of para-hydroxylation sites is 1. The van der Waals surface area contributed by atoms with E-state index in [4.69, 9.17) is 0 Å². The molecule has 1 saturated heterocycles. The molecule has 30 heavy (non-hydrogen) atoms. The predicted octanol–water partition coefficient (Wildman–Crippen LogP) is 3.24. The molecule has 4 rings (SSSR count). The highest BCUT2D eigenvalue weighted by atomic mass is 16.1. The van der Waals surface area contributed by atoms with Crippen molar-refractivity contribution in [1.29, 1.82) is 5.26 Å². The van der Waals surface area contributed by atoms with Crippen LogP contribution in [0, 0.1) is 18.3 Å². The molecule has 0 atom stereocenters. The summed E-state index contributed by atoms with van der Waals surface area (Å²) in [5.74, 6) is 0.368. The Morgan fingerprint density at radius 1 is 1.00 bits per heavy atom. The predicted molar refractivity (Wildman–Crippen MR) is 117 cm³/mol. The summed E-state index contributed by atoms with van der Waals surface area (Å²) in [4.78, 5) is 25.6. The molecule has 2 aromatic carbocycles. The number of carbonyl (C=O) groups is 1. The minimum Gasteiger partial charge on any atom is -0.368 e. The van der Waals surface area contributed by atoms with Crippen molar-refractivity contribution in [2.24, 2.45) is 0 Å². The lowest BCUT2D eigenvalue weighted by molar-refractivity contribution is 0.102. The topological polar surface area (TPSA) is 85.1 Å². The first-order chi connectivity index (χ1) is 14.6. The van der Waals surface area contributed by atoms with Gasteiger partial charge in [0.1, 0.15) is 23.9 Å². The van der Waals surface area contributed by atoms with Crippen LogP contribution in [0.5, 0.6) is 0 Å². The van der Waals surface area contributed by atoms with Crippen LogP contribution in [0.2, 0.25) is 0 Å². The Kier molecular flexibility index (Phi) is 5.57. The molecule has 0 radical (unpaired) electrons. The zero-order valence-corrected chi connectivity index (χ0v) is 16.7. The Morgan fingerprint density at radius 3 is 2.53 bits per heavy atom. The minimum atomic E-state index is -0.361. The lowest BCUT2D eigenvalue weighted by Crippen LogP contribution is -2.47. The number of carbonyl (C=O) groups excluding carboxylic acids is 1. The number of nitrogens with zero attached hydrogens (tertiary/aromatic N) is 5. The van der Waals surface area contributed by atoms with Crippen molar-refractivity contribution in [2.45, 2.75) is 6.92 Å². The number of hydrogen-bond donors (Lipinski definition) is 1. The van der Waals surface area contributed by atoms with Gasteiger partial charge >= 0.3 is 0 Å². The van der Waals surface area contributed by atoms with Gasteiger partial charge in [0.25, 0.3) is 5.91 Å². The number of nitriles is 1. The summed E-state index contributed by atoms with van der Waals surface area (Å²) in [5.41, 5.74) is 3.63. The summed E-state index contributed by atoms with van der Waals surface area (Å²) in [6.07, 6.45) is 1.41. The third-order valence-electron chi connectivity index (χ3n) is 5.15. The van der Waals surface area contributed by atoms with Crippen molar-refractivity contribution in [3.8, 4) is 6.07 Å². The van der Waals surface area contributed by atoms with Crippen LogP contribution in [0.1, 0.15) is 21.6 Å². The monoisotopic (exact) mass is 398 g/mol. The molecule has 0 saturated carbocycles. The van der Waals surface area contributed by atoms with Gasteiger partial charge in [0.15, 0.2) is 0 Å². The Balaban J connectivity index is 1.44. The number of benzene rings is 2. The van der Waals surface area contributed by atoms with Crippen LogP contribution in [-0.4, -0.2) is 42.1 Å². The first-order valence-electron chi connectivity index (χ1n) is 9.83. The molecule has 3 aromatic rings. The van der Waals surface area contributed by atoms with Gasteiger partial charge in [-0.25, -0.2) is 9.97 Å². The Labute approximate surface area is 175 Å². The van der Waals surface area contributed by atoms with Crippen molar-refractivity contribution in [1.82, 2.24) is 9.97 Å². The van der Waals surface area contributed by atoms with Gasteiger partial charge in [-0.15, -0.1) is 0 Å². The van der Waals surface area contributed by atoms with E-state index < -0.39 is 0 Å². The van der Waals surface area contributed by atoms with E-state index in [9.17, 15) is 10.1 Å². The molecule has 0 spiro atoms. The van der Waals surface area contributed by atoms with E-state index in [0.717, 1.165) is 32.0 Å². The molecule has 0 unspecified atom stereocenters. The molecule has 0 aliphatic carbocycles. The summed E-state index contributed by atoms with van der Waals surface area (Å²) in [5, 5.41) is 12.0. The zero-order valence-electron chi connectivity index (χ0n) is 16.7. The molecule has 1 aliphatic heterocycles. The third-order valence-corrected chi connectivity index (χ3v) is 5.15. The fraction of sp³-hybridized carbons (Fsp3) is 0.217. The Morgan fingerprint density at radius 2 is 1.77 bits per heavy atom. The molecule has 1 amide bonds. The Bertz CT molecular complexity index is 1100. The van der Waals surface area contributed by atoms with Crippen molar-refractivity contribution >= 4 is 23.1 Å². The molecule has 1 aliphatic rings. The van der Waals surface area contributed by atoms with Gasteiger partial charge in [0, 0.05) is 37.9 Å². The van der Waals surface area contributed by atoms with Crippen molar-refractivity contribution in [2.75, 3.05) is 41.3 Å². The molecule has 7 nitrogen and oxygen atoms in total. The molecule has 7 heteroatoms. The third kappa shape index (κ3) is 4.23. The maximum absolute atomic E-state index is 12.6. The number of aromatic nitrogens is 2. The second-order valence-electron chi connectivity index (χ2n) is 7.19. The van der Waals surface area contributed by atoms with Crippen LogP contribution in [0.25, 0.3) is 0 Å². The van der Waals surface area contributed by atoms with Crippen molar-refractivity contribution in [3.05, 3.63) is 77.7 Å². The summed E-state index contributed by atoms with van der Waals surface area (Å²) in [6.45, 7) is 5.48. The first kappa shape index (κ1) is 19.4. The van der Waals surface area contributed by atoms with E-state index >= 15 is 0 Å². The van der Waals surface area contributed by atoms with Gasteiger partial charge in [-0.2, -0.15) is 5.26 Å². The highest BCUT2D eigenvalue weighted by Crippen LogP contribution is 2.21. The van der Waals surface area contributed by atoms with E-state index in [1.54, 1.807) is 30.3 Å². The summed E-state index contributed by atoms with van der Waals surface area (Å²) in [7, 11) is 0. The quantitative estimate of drug-likeness (QED) is 0.726. The van der Waals surface area contributed by atoms with Crippen molar-refractivity contribution in [3.63, 3.8) is 0 Å². The molecular formula is C23H22N6O. The fourth-order valence-corrected chi connectivity index (χ4v) is 3.54. The summed E-state index contributed by atoms with van der Waals surface area (Å²) in [6, 6.07) is 19.2. The van der Waals surface area contributed by atoms with Gasteiger partial charge in [0.05, 0.1) is 11.3 Å². The maximum Gasteiger partial charge on any atom is 0.274 e. The lowest BCUT2D eigenvalue weighted by Gasteiger charge is -2.36. The molecular weight excluding hydrogens is 376 g/mol. The van der Waals surface area contributed by atoms with Gasteiger partial charge < -0.3 is 15.1 Å². The number of piperazine rings is 1. The standard InChI is InChI=1S/C23H22N6O/c1-17-5-4-7-19(13-17)28-9-11-29(12-10-28)22-14-21(25-16-26-22)23(30)27-20-8-3-2-6-18(20)15-24/h2-8,13-14,16H,9-12H2,1H3,(H,27,30). The zero-order chi connectivity index (χ0) is 20.9. The van der Waals surface area contributed by atoms with Gasteiger partial charge in [-0.1, -0.05) is 24.3 Å². The van der Waals surface area contributed by atoms with Crippen LogP contribution < -0.4 is 15.1 Å². The molecule has 1 aromatic heterocycles. The van der Waals surface area contributed by atoms with E-state index in [2.05, 4.69) is 62.3 Å². The number of aryl methyl sites for hydroxylation is 1. The number of anilines is 3. The second-order valence-corrected chi connectivity index (χ2v) is 7.19. The number of amides is 1. The maximum atomic E-state index is 12.6. The van der Waals surface area contributed by atoms with E-state index in [1.807, 2.05) is 0 Å². The molecule has 150 valence electrons. The summed E-state index contributed by atoms with van der Waals surface area (Å²) >= 11 is 0. The first-order valence-corrected chi connectivity index (χ1v) is 9.83. The average Bonchev–Trinajstić information content (AvgIpc) is 2.79. The molecule has 1 fully saturated rings. The smallest absolute Gasteiger partial charge is 0.274 e. The molecule has 0 bridgehead atoms. The lowest BCUT2D eigenvalue weighted by atomic mass is 10.2. The summed E-state index contributed by atoms with van der Waals surface area (Å²) < 4.78 is 0. The number of rotatable bonds is 4. The van der Waals surface area contributed by atoms with Gasteiger partial charge in [-0.05, 0) is 36.8 Å². The average molecular weight is 398 g/mol. The second kappa shape index (κ2) is 8.62. The molecule has 2 heterocycles. The van der Waals surface area contributed by atoms with Gasteiger partial charge in [0.2, 0.25) is 0 Å². The minimum absolute atomic E-state index is 0.272. The molecule has 1 N–H and O–H groups in total. The van der Waals surface area contributed by atoms with Crippen LogP contribution in [-0.2, 0) is 0 Å².